The van der Waals surface area contributed by atoms with Crippen LogP contribution in [-0.4, -0.2) is 9.55 Å². The summed E-state index contributed by atoms with van der Waals surface area (Å²) in [5.41, 5.74) is 0.448. The van der Waals surface area contributed by atoms with Crippen molar-refractivity contribution in [1.29, 1.82) is 0 Å². The molecule has 0 unspecified atom stereocenters. The average molecular weight is 214 g/mol. The summed E-state index contributed by atoms with van der Waals surface area (Å²) < 4.78 is 39.5. The molecule has 0 fully saturated rings. The highest BCUT2D eigenvalue weighted by atomic mass is 19.4. The molecule has 0 saturated carbocycles. The normalized spacial score (nSPS) is 12.3. The van der Waals surface area contributed by atoms with Crippen LogP contribution < -0.4 is 0 Å². The minimum atomic E-state index is -4.34. The molecule has 0 spiro atoms. The molecule has 0 bridgehead atoms. The van der Waals surface area contributed by atoms with Gasteiger partial charge in [0.25, 0.3) is 0 Å². The largest absolute Gasteiger partial charge is 0.418 e. The zero-order valence-electron chi connectivity index (χ0n) is 8.26. The van der Waals surface area contributed by atoms with E-state index in [1.54, 1.807) is 20.0 Å². The molecule has 1 aromatic carbocycles. The van der Waals surface area contributed by atoms with Gasteiger partial charge in [-0.15, -0.1) is 0 Å². The van der Waals surface area contributed by atoms with Crippen molar-refractivity contribution in [3.05, 3.63) is 29.6 Å². The van der Waals surface area contributed by atoms with Crippen LogP contribution in [0.1, 0.15) is 11.1 Å². The number of fused-ring (bicyclic) bond motifs is 1. The van der Waals surface area contributed by atoms with E-state index in [1.807, 2.05) is 0 Å². The topological polar surface area (TPSA) is 17.8 Å². The Morgan fingerprint density at radius 3 is 2.53 bits per heavy atom. The Morgan fingerprint density at radius 2 is 1.93 bits per heavy atom. The van der Waals surface area contributed by atoms with Crippen LogP contribution in [0.5, 0.6) is 0 Å². The number of nitrogens with zero attached hydrogens (tertiary/aromatic N) is 2. The second-order valence-electron chi connectivity index (χ2n) is 3.53. The monoisotopic (exact) mass is 214 g/mol. The van der Waals surface area contributed by atoms with Crippen molar-refractivity contribution in [3.63, 3.8) is 0 Å². The molecule has 2 aromatic rings. The Balaban J connectivity index is 2.87. The molecule has 0 aliphatic rings. The van der Waals surface area contributed by atoms with Gasteiger partial charge in [0.1, 0.15) is 0 Å². The van der Waals surface area contributed by atoms with Crippen molar-refractivity contribution in [2.45, 2.75) is 13.1 Å². The summed E-state index contributed by atoms with van der Waals surface area (Å²) in [6.45, 7) is 1.63. The molecule has 15 heavy (non-hydrogen) atoms. The molecule has 2 rings (SSSR count). The number of imidazole rings is 1. The number of benzene rings is 1. The molecule has 0 aliphatic carbocycles. The fraction of sp³-hybridized carbons (Fsp3) is 0.300. The van der Waals surface area contributed by atoms with E-state index in [9.17, 15) is 13.2 Å². The smallest absolute Gasteiger partial charge is 0.333 e. The zero-order valence-corrected chi connectivity index (χ0v) is 8.26. The SMILES string of the molecule is Cc1cc(C(F)(F)F)c2c(c1)ncn2C. The first kappa shape index (κ1) is 10.0. The van der Waals surface area contributed by atoms with Gasteiger partial charge in [0.15, 0.2) is 0 Å². The van der Waals surface area contributed by atoms with Gasteiger partial charge in [-0.3, -0.25) is 0 Å². The lowest BCUT2D eigenvalue weighted by molar-refractivity contribution is -0.136. The number of rotatable bonds is 0. The highest BCUT2D eigenvalue weighted by molar-refractivity contribution is 5.80. The van der Waals surface area contributed by atoms with Gasteiger partial charge in [-0.1, -0.05) is 0 Å². The minimum Gasteiger partial charge on any atom is -0.333 e. The molecule has 0 aliphatic heterocycles. The zero-order chi connectivity index (χ0) is 11.2. The van der Waals surface area contributed by atoms with Gasteiger partial charge in [-0.25, -0.2) is 4.98 Å². The Kier molecular flexibility index (Phi) is 1.99. The van der Waals surface area contributed by atoms with Crippen LogP contribution in [0.15, 0.2) is 18.5 Å². The predicted molar refractivity (Wildman–Crippen MR) is 50.5 cm³/mol. The maximum absolute atomic E-state index is 12.7. The van der Waals surface area contributed by atoms with Gasteiger partial charge in [-0.05, 0) is 24.6 Å². The van der Waals surface area contributed by atoms with Crippen molar-refractivity contribution in [1.82, 2.24) is 9.55 Å². The van der Waals surface area contributed by atoms with E-state index < -0.39 is 11.7 Å². The van der Waals surface area contributed by atoms with E-state index in [0.29, 0.717) is 11.1 Å². The Bertz CT molecular complexity index is 511. The fourth-order valence-electron chi connectivity index (χ4n) is 1.65. The van der Waals surface area contributed by atoms with Gasteiger partial charge < -0.3 is 4.57 Å². The van der Waals surface area contributed by atoms with Gasteiger partial charge in [-0.2, -0.15) is 13.2 Å². The third-order valence-electron chi connectivity index (χ3n) is 2.26. The summed E-state index contributed by atoms with van der Waals surface area (Å²) >= 11 is 0. The van der Waals surface area contributed by atoms with Crippen LogP contribution in [0.2, 0.25) is 0 Å². The molecule has 0 saturated heterocycles. The standard InChI is InChI=1S/C10H9F3N2/c1-6-3-7(10(11,12)13)9-8(4-6)14-5-15(9)2/h3-5H,1-2H3. The number of aromatic nitrogens is 2. The number of hydrogen-bond acceptors (Lipinski definition) is 1. The quantitative estimate of drug-likeness (QED) is 0.659. The van der Waals surface area contributed by atoms with Crippen molar-refractivity contribution in [2.24, 2.45) is 7.05 Å². The molecule has 80 valence electrons. The maximum Gasteiger partial charge on any atom is 0.418 e. The van der Waals surface area contributed by atoms with Crippen LogP contribution in [0.25, 0.3) is 11.0 Å². The number of alkyl halides is 3. The van der Waals surface area contributed by atoms with Crippen molar-refractivity contribution < 1.29 is 13.2 Å². The Morgan fingerprint density at radius 1 is 1.27 bits per heavy atom. The van der Waals surface area contributed by atoms with Gasteiger partial charge in [0.2, 0.25) is 0 Å². The van der Waals surface area contributed by atoms with E-state index >= 15 is 0 Å². The highest BCUT2D eigenvalue weighted by Crippen LogP contribution is 2.34. The lowest BCUT2D eigenvalue weighted by atomic mass is 10.1. The van der Waals surface area contributed by atoms with Crippen molar-refractivity contribution in [3.8, 4) is 0 Å². The predicted octanol–water partition coefficient (Wildman–Crippen LogP) is 2.90. The number of aryl methyl sites for hydroxylation is 2. The molecular formula is C10H9F3N2. The second-order valence-corrected chi connectivity index (χ2v) is 3.53. The van der Waals surface area contributed by atoms with Gasteiger partial charge in [0, 0.05) is 7.05 Å². The maximum atomic E-state index is 12.7. The minimum absolute atomic E-state index is 0.133. The molecule has 5 heteroatoms. The van der Waals surface area contributed by atoms with Gasteiger partial charge in [0.05, 0.1) is 22.9 Å². The summed E-state index contributed by atoms with van der Waals surface area (Å²) in [7, 11) is 1.56. The number of hydrogen-bond donors (Lipinski definition) is 0. The Hall–Kier alpha value is -1.52. The third kappa shape index (κ3) is 1.58. The first-order valence-electron chi connectivity index (χ1n) is 4.38. The van der Waals surface area contributed by atoms with Crippen LogP contribution >= 0.6 is 0 Å². The van der Waals surface area contributed by atoms with Crippen molar-refractivity contribution in [2.75, 3.05) is 0 Å². The van der Waals surface area contributed by atoms with Crippen LogP contribution in [0.3, 0.4) is 0 Å². The lowest BCUT2D eigenvalue weighted by Crippen LogP contribution is -2.07. The van der Waals surface area contributed by atoms with E-state index in [0.717, 1.165) is 6.07 Å². The van der Waals surface area contributed by atoms with E-state index in [4.69, 9.17) is 0 Å². The van der Waals surface area contributed by atoms with Crippen molar-refractivity contribution >= 4 is 11.0 Å². The second kappa shape index (κ2) is 2.98. The first-order valence-corrected chi connectivity index (χ1v) is 4.38. The lowest BCUT2D eigenvalue weighted by Gasteiger charge is -2.10. The molecule has 2 nitrogen and oxygen atoms in total. The van der Waals surface area contributed by atoms with E-state index in [-0.39, 0.29) is 5.52 Å². The molecule has 1 aromatic heterocycles. The van der Waals surface area contributed by atoms with Crippen LogP contribution in [-0.2, 0) is 13.2 Å². The molecule has 0 atom stereocenters. The molecule has 0 amide bonds. The molecule has 1 heterocycles. The third-order valence-corrected chi connectivity index (χ3v) is 2.26. The van der Waals surface area contributed by atoms with E-state index in [2.05, 4.69) is 4.98 Å². The fourth-order valence-corrected chi connectivity index (χ4v) is 1.65. The summed E-state index contributed by atoms with van der Waals surface area (Å²) in [6, 6.07) is 2.79. The Labute approximate surface area is 84.3 Å². The molecule has 0 radical (unpaired) electrons. The summed E-state index contributed by atoms with van der Waals surface area (Å²) in [6.07, 6.45) is -2.95. The average Bonchev–Trinajstić information content (AvgIpc) is 2.44. The number of halogens is 3. The summed E-state index contributed by atoms with van der Waals surface area (Å²) in [4.78, 5) is 3.92. The summed E-state index contributed by atoms with van der Waals surface area (Å²) in [5.74, 6) is 0. The van der Waals surface area contributed by atoms with Crippen LogP contribution in [0.4, 0.5) is 13.2 Å². The highest BCUT2D eigenvalue weighted by Gasteiger charge is 2.34. The van der Waals surface area contributed by atoms with Gasteiger partial charge >= 0.3 is 6.18 Å². The summed E-state index contributed by atoms with van der Waals surface area (Å²) in [5, 5.41) is 0. The van der Waals surface area contributed by atoms with E-state index in [1.165, 1.54) is 10.9 Å². The first-order chi connectivity index (χ1) is 6.89. The molecular weight excluding hydrogens is 205 g/mol. The van der Waals surface area contributed by atoms with Crippen LogP contribution in [0, 0.1) is 6.92 Å². The molecule has 0 N–H and O–H groups in total.